The molecular formula is C8H8O2S. The van der Waals surface area contributed by atoms with Crippen molar-refractivity contribution in [2.45, 2.75) is 0 Å². The average Bonchev–Trinajstić information content (AvgIpc) is 2.48. The highest BCUT2D eigenvalue weighted by Crippen LogP contribution is 2.15. The van der Waals surface area contributed by atoms with Crippen molar-refractivity contribution < 1.29 is 9.53 Å². The van der Waals surface area contributed by atoms with Crippen molar-refractivity contribution in [2.24, 2.45) is 0 Å². The quantitative estimate of drug-likeness (QED) is 0.510. The Morgan fingerprint density at radius 1 is 1.45 bits per heavy atom. The number of thiophene rings is 1. The van der Waals surface area contributed by atoms with Gasteiger partial charge in [-0.3, -0.25) is 4.79 Å². The van der Waals surface area contributed by atoms with E-state index in [1.165, 1.54) is 11.3 Å². The summed E-state index contributed by atoms with van der Waals surface area (Å²) in [6, 6.07) is 3.66. The molecule has 0 bridgehead atoms. The van der Waals surface area contributed by atoms with Crippen LogP contribution in [0, 0.1) is 0 Å². The van der Waals surface area contributed by atoms with Crippen LogP contribution in [0.2, 0.25) is 0 Å². The van der Waals surface area contributed by atoms with Crippen molar-refractivity contribution in [3.63, 3.8) is 0 Å². The summed E-state index contributed by atoms with van der Waals surface area (Å²) in [6.07, 6.45) is 4.24. The summed E-state index contributed by atoms with van der Waals surface area (Å²) < 4.78 is 4.73. The number of carbonyl (C=O) groups excluding carboxylic acids is 1. The van der Waals surface area contributed by atoms with Gasteiger partial charge >= 0.3 is 0 Å². The van der Waals surface area contributed by atoms with Crippen LogP contribution in [-0.4, -0.2) is 13.4 Å². The molecule has 1 heterocycles. The SMILES string of the molecule is COC=Cc1ccc(C=O)s1. The fourth-order valence-electron chi connectivity index (χ4n) is 0.656. The molecule has 0 atom stereocenters. The third-order valence-corrected chi connectivity index (χ3v) is 2.11. The Kier molecular flexibility index (Phi) is 2.86. The maximum Gasteiger partial charge on any atom is 0.160 e. The maximum atomic E-state index is 10.2. The summed E-state index contributed by atoms with van der Waals surface area (Å²) in [5.74, 6) is 0. The topological polar surface area (TPSA) is 26.3 Å². The first kappa shape index (κ1) is 8.01. The molecule has 58 valence electrons. The van der Waals surface area contributed by atoms with Gasteiger partial charge in [0.1, 0.15) is 0 Å². The minimum absolute atomic E-state index is 0.737. The number of hydrogen-bond acceptors (Lipinski definition) is 3. The smallest absolute Gasteiger partial charge is 0.160 e. The van der Waals surface area contributed by atoms with Crippen molar-refractivity contribution in [3.8, 4) is 0 Å². The van der Waals surface area contributed by atoms with Crippen molar-refractivity contribution in [2.75, 3.05) is 7.11 Å². The third kappa shape index (κ3) is 2.20. The second-order valence-electron chi connectivity index (χ2n) is 1.90. The molecule has 0 spiro atoms. The van der Waals surface area contributed by atoms with E-state index in [-0.39, 0.29) is 0 Å². The molecule has 0 aliphatic heterocycles. The van der Waals surface area contributed by atoms with E-state index in [4.69, 9.17) is 4.74 Å². The van der Waals surface area contributed by atoms with E-state index in [9.17, 15) is 4.79 Å². The average molecular weight is 168 g/mol. The van der Waals surface area contributed by atoms with Crippen LogP contribution in [0.4, 0.5) is 0 Å². The largest absolute Gasteiger partial charge is 0.504 e. The lowest BCUT2D eigenvalue weighted by Gasteiger charge is -1.83. The van der Waals surface area contributed by atoms with Crippen LogP contribution in [0.3, 0.4) is 0 Å². The van der Waals surface area contributed by atoms with Crippen molar-refractivity contribution in [3.05, 3.63) is 28.1 Å². The Hall–Kier alpha value is -1.09. The molecule has 11 heavy (non-hydrogen) atoms. The minimum Gasteiger partial charge on any atom is -0.504 e. The van der Waals surface area contributed by atoms with E-state index in [0.717, 1.165) is 16.0 Å². The molecule has 1 aromatic heterocycles. The lowest BCUT2D eigenvalue weighted by molar-refractivity contribution is 0.112. The summed E-state index contributed by atoms with van der Waals surface area (Å²) >= 11 is 1.44. The molecule has 0 saturated carbocycles. The predicted molar refractivity (Wildman–Crippen MR) is 45.7 cm³/mol. The molecule has 1 aromatic rings. The van der Waals surface area contributed by atoms with Crippen LogP contribution in [-0.2, 0) is 4.74 Å². The molecule has 1 rings (SSSR count). The highest BCUT2D eigenvalue weighted by Gasteiger charge is 1.93. The summed E-state index contributed by atoms with van der Waals surface area (Å²) in [7, 11) is 1.59. The monoisotopic (exact) mass is 168 g/mol. The highest BCUT2D eigenvalue weighted by atomic mass is 32.1. The van der Waals surface area contributed by atoms with E-state index < -0.39 is 0 Å². The Labute approximate surface area is 69.1 Å². The van der Waals surface area contributed by atoms with E-state index >= 15 is 0 Å². The van der Waals surface area contributed by atoms with Crippen molar-refractivity contribution >= 4 is 23.7 Å². The van der Waals surface area contributed by atoms with E-state index in [1.54, 1.807) is 19.4 Å². The Balaban J connectivity index is 2.72. The van der Waals surface area contributed by atoms with E-state index in [1.807, 2.05) is 12.1 Å². The van der Waals surface area contributed by atoms with Crippen molar-refractivity contribution in [1.29, 1.82) is 0 Å². The first-order valence-electron chi connectivity index (χ1n) is 3.11. The molecule has 0 saturated heterocycles. The Bertz CT molecular complexity index is 263. The van der Waals surface area contributed by atoms with Gasteiger partial charge < -0.3 is 4.74 Å². The fourth-order valence-corrected chi connectivity index (χ4v) is 1.37. The van der Waals surface area contributed by atoms with Gasteiger partial charge in [0.05, 0.1) is 18.2 Å². The second kappa shape index (κ2) is 3.93. The van der Waals surface area contributed by atoms with Crippen LogP contribution >= 0.6 is 11.3 Å². The summed E-state index contributed by atoms with van der Waals surface area (Å²) in [6.45, 7) is 0. The highest BCUT2D eigenvalue weighted by molar-refractivity contribution is 7.14. The maximum absolute atomic E-state index is 10.2. The Morgan fingerprint density at radius 3 is 2.73 bits per heavy atom. The standard InChI is InChI=1S/C8H8O2S/c1-10-5-4-7-2-3-8(6-9)11-7/h2-6H,1H3. The molecule has 0 unspecified atom stereocenters. The molecule has 3 heteroatoms. The molecule has 0 N–H and O–H groups in total. The first-order chi connectivity index (χ1) is 5.36. The minimum atomic E-state index is 0.737. The second-order valence-corrected chi connectivity index (χ2v) is 3.04. The van der Waals surface area contributed by atoms with Crippen LogP contribution in [0.1, 0.15) is 14.5 Å². The Morgan fingerprint density at radius 2 is 2.18 bits per heavy atom. The van der Waals surface area contributed by atoms with Gasteiger partial charge in [0, 0.05) is 4.88 Å². The zero-order valence-corrected chi connectivity index (χ0v) is 6.93. The van der Waals surface area contributed by atoms with Crippen LogP contribution in [0.25, 0.3) is 6.08 Å². The molecule has 2 nitrogen and oxygen atoms in total. The fraction of sp³-hybridized carbons (Fsp3) is 0.125. The lowest BCUT2D eigenvalue weighted by Crippen LogP contribution is -1.63. The molecule has 0 aromatic carbocycles. The van der Waals surface area contributed by atoms with Gasteiger partial charge in [0.2, 0.25) is 0 Å². The van der Waals surface area contributed by atoms with Gasteiger partial charge in [-0.25, -0.2) is 0 Å². The van der Waals surface area contributed by atoms with Crippen LogP contribution < -0.4 is 0 Å². The number of methoxy groups -OCH3 is 1. The molecule has 0 radical (unpaired) electrons. The van der Waals surface area contributed by atoms with E-state index in [2.05, 4.69) is 0 Å². The van der Waals surface area contributed by atoms with Gasteiger partial charge in [-0.05, 0) is 18.2 Å². The number of ether oxygens (including phenoxy) is 1. The van der Waals surface area contributed by atoms with Gasteiger partial charge in [0.15, 0.2) is 6.29 Å². The first-order valence-corrected chi connectivity index (χ1v) is 3.93. The summed E-state index contributed by atoms with van der Waals surface area (Å²) in [5.41, 5.74) is 0. The number of rotatable bonds is 3. The zero-order valence-electron chi connectivity index (χ0n) is 6.11. The van der Waals surface area contributed by atoms with E-state index in [0.29, 0.717) is 0 Å². The van der Waals surface area contributed by atoms with Gasteiger partial charge in [0.25, 0.3) is 0 Å². The molecule has 0 aliphatic rings. The lowest BCUT2D eigenvalue weighted by atomic mass is 10.4. The summed E-state index contributed by atoms with van der Waals surface area (Å²) in [5, 5.41) is 0. The van der Waals surface area contributed by atoms with Crippen molar-refractivity contribution in [1.82, 2.24) is 0 Å². The number of hydrogen-bond donors (Lipinski definition) is 0. The predicted octanol–water partition coefficient (Wildman–Crippen LogP) is 2.18. The number of carbonyl (C=O) groups is 1. The normalized spacial score (nSPS) is 10.3. The van der Waals surface area contributed by atoms with Gasteiger partial charge in [-0.15, -0.1) is 11.3 Å². The van der Waals surface area contributed by atoms with Gasteiger partial charge in [-0.2, -0.15) is 0 Å². The third-order valence-electron chi connectivity index (χ3n) is 1.13. The van der Waals surface area contributed by atoms with Gasteiger partial charge in [-0.1, -0.05) is 0 Å². The molecular weight excluding hydrogens is 160 g/mol. The summed E-state index contributed by atoms with van der Waals surface area (Å²) in [4.78, 5) is 12.0. The molecule has 0 amide bonds. The molecule has 0 aliphatic carbocycles. The zero-order chi connectivity index (χ0) is 8.10. The number of aldehydes is 1. The molecule has 0 fully saturated rings. The van der Waals surface area contributed by atoms with Crippen LogP contribution in [0.5, 0.6) is 0 Å². The van der Waals surface area contributed by atoms with Crippen LogP contribution in [0.15, 0.2) is 18.4 Å².